The summed E-state index contributed by atoms with van der Waals surface area (Å²) in [6.07, 6.45) is 6.31. The minimum atomic E-state index is -0.250. The molecule has 1 aliphatic rings. The van der Waals surface area contributed by atoms with Crippen molar-refractivity contribution in [3.63, 3.8) is 0 Å². The van der Waals surface area contributed by atoms with Gasteiger partial charge >= 0.3 is 5.97 Å². The van der Waals surface area contributed by atoms with Crippen molar-refractivity contribution in [1.29, 1.82) is 0 Å². The Hall–Kier alpha value is -1.51. The van der Waals surface area contributed by atoms with Crippen LogP contribution < -0.4 is 5.32 Å². The molecule has 1 fully saturated rings. The highest BCUT2D eigenvalue weighted by Gasteiger charge is 2.24. The smallest absolute Gasteiger partial charge is 0.338 e. The van der Waals surface area contributed by atoms with Crippen molar-refractivity contribution >= 4 is 11.7 Å². The van der Waals surface area contributed by atoms with E-state index in [1.54, 1.807) is 0 Å². The SMILES string of the molecule is CCOC(=O)c1ccc(NC2CCCC(C)(C)CC2)cc1. The average molecular weight is 289 g/mol. The highest BCUT2D eigenvalue weighted by atomic mass is 16.5. The van der Waals surface area contributed by atoms with E-state index in [1.807, 2.05) is 31.2 Å². The minimum absolute atomic E-state index is 0.250. The minimum Gasteiger partial charge on any atom is -0.462 e. The van der Waals surface area contributed by atoms with Crippen molar-refractivity contribution in [3.05, 3.63) is 29.8 Å². The fourth-order valence-electron chi connectivity index (χ4n) is 2.96. The maximum atomic E-state index is 11.6. The Balaban J connectivity index is 1.92. The summed E-state index contributed by atoms with van der Waals surface area (Å²) in [5.74, 6) is -0.250. The second-order valence-electron chi connectivity index (χ2n) is 6.73. The zero-order valence-electron chi connectivity index (χ0n) is 13.4. The zero-order valence-corrected chi connectivity index (χ0v) is 13.4. The van der Waals surface area contributed by atoms with E-state index >= 15 is 0 Å². The van der Waals surface area contributed by atoms with Gasteiger partial charge in [0.05, 0.1) is 12.2 Å². The number of rotatable bonds is 4. The molecule has 1 N–H and O–H groups in total. The van der Waals surface area contributed by atoms with Crippen LogP contribution in [0.25, 0.3) is 0 Å². The number of carbonyl (C=O) groups excluding carboxylic acids is 1. The van der Waals surface area contributed by atoms with Crippen molar-refractivity contribution in [3.8, 4) is 0 Å². The highest BCUT2D eigenvalue weighted by Crippen LogP contribution is 2.34. The Morgan fingerprint density at radius 3 is 2.62 bits per heavy atom. The van der Waals surface area contributed by atoms with Gasteiger partial charge in [0.15, 0.2) is 0 Å². The van der Waals surface area contributed by atoms with Crippen LogP contribution in [-0.2, 0) is 4.74 Å². The molecule has 3 heteroatoms. The van der Waals surface area contributed by atoms with E-state index in [1.165, 1.54) is 32.1 Å². The Kier molecular flexibility index (Phi) is 5.27. The summed E-state index contributed by atoms with van der Waals surface area (Å²) in [7, 11) is 0. The summed E-state index contributed by atoms with van der Waals surface area (Å²) < 4.78 is 5.00. The van der Waals surface area contributed by atoms with Gasteiger partial charge in [-0.2, -0.15) is 0 Å². The lowest BCUT2D eigenvalue weighted by Crippen LogP contribution is -2.19. The number of nitrogens with one attached hydrogen (secondary N) is 1. The fourth-order valence-corrected chi connectivity index (χ4v) is 2.96. The molecule has 2 rings (SSSR count). The van der Waals surface area contributed by atoms with Gasteiger partial charge < -0.3 is 10.1 Å². The third-order valence-corrected chi connectivity index (χ3v) is 4.34. The van der Waals surface area contributed by atoms with Crippen molar-refractivity contribution in [2.75, 3.05) is 11.9 Å². The van der Waals surface area contributed by atoms with E-state index in [0.717, 1.165) is 5.69 Å². The lowest BCUT2D eigenvalue weighted by molar-refractivity contribution is 0.0526. The molecule has 0 aliphatic heterocycles. The number of anilines is 1. The van der Waals surface area contributed by atoms with Gasteiger partial charge in [-0.3, -0.25) is 0 Å². The molecule has 21 heavy (non-hydrogen) atoms. The second kappa shape index (κ2) is 6.97. The first kappa shape index (κ1) is 15.9. The Morgan fingerprint density at radius 2 is 1.95 bits per heavy atom. The molecule has 116 valence electrons. The molecule has 1 unspecified atom stereocenters. The summed E-state index contributed by atoms with van der Waals surface area (Å²) in [4.78, 5) is 11.6. The summed E-state index contributed by atoms with van der Waals surface area (Å²) in [5.41, 5.74) is 2.18. The third-order valence-electron chi connectivity index (χ3n) is 4.34. The number of benzene rings is 1. The van der Waals surface area contributed by atoms with Gasteiger partial charge in [-0.05, 0) is 62.3 Å². The molecule has 1 aromatic carbocycles. The molecule has 0 spiro atoms. The molecule has 1 aliphatic carbocycles. The van der Waals surface area contributed by atoms with E-state index in [4.69, 9.17) is 4.74 Å². The molecule has 1 atom stereocenters. The summed E-state index contributed by atoms with van der Waals surface area (Å²) >= 11 is 0. The first-order valence-corrected chi connectivity index (χ1v) is 8.04. The Bertz CT molecular complexity index is 465. The summed E-state index contributed by atoms with van der Waals surface area (Å²) in [6, 6.07) is 8.16. The predicted octanol–water partition coefficient (Wildman–Crippen LogP) is 4.63. The van der Waals surface area contributed by atoms with Crippen LogP contribution in [0.5, 0.6) is 0 Å². The molecular weight excluding hydrogens is 262 g/mol. The molecule has 0 amide bonds. The van der Waals surface area contributed by atoms with Crippen LogP contribution in [0.2, 0.25) is 0 Å². The van der Waals surface area contributed by atoms with Crippen molar-refractivity contribution in [1.82, 2.24) is 0 Å². The monoisotopic (exact) mass is 289 g/mol. The van der Waals surface area contributed by atoms with Gasteiger partial charge in [0, 0.05) is 11.7 Å². The van der Waals surface area contributed by atoms with E-state index in [9.17, 15) is 4.79 Å². The zero-order chi connectivity index (χ0) is 15.3. The number of hydrogen-bond acceptors (Lipinski definition) is 3. The van der Waals surface area contributed by atoms with Crippen LogP contribution in [0.4, 0.5) is 5.69 Å². The lowest BCUT2D eigenvalue weighted by atomic mass is 9.85. The summed E-state index contributed by atoms with van der Waals surface area (Å²) in [5, 5.41) is 3.60. The first-order valence-electron chi connectivity index (χ1n) is 8.04. The van der Waals surface area contributed by atoms with Gasteiger partial charge in [-0.25, -0.2) is 4.79 Å². The average Bonchev–Trinajstić information content (AvgIpc) is 2.61. The normalized spacial score (nSPS) is 21.4. The number of hydrogen-bond donors (Lipinski definition) is 1. The molecule has 0 bridgehead atoms. The molecule has 0 heterocycles. The molecule has 0 radical (unpaired) electrons. The maximum absolute atomic E-state index is 11.6. The maximum Gasteiger partial charge on any atom is 0.338 e. The van der Waals surface area contributed by atoms with E-state index in [0.29, 0.717) is 23.6 Å². The Morgan fingerprint density at radius 1 is 1.24 bits per heavy atom. The molecule has 3 nitrogen and oxygen atoms in total. The van der Waals surface area contributed by atoms with Crippen LogP contribution in [0, 0.1) is 5.41 Å². The van der Waals surface area contributed by atoms with Crippen LogP contribution in [0.3, 0.4) is 0 Å². The number of ether oxygens (including phenoxy) is 1. The number of esters is 1. The Labute approximate surface area is 128 Å². The molecule has 1 aromatic rings. The largest absolute Gasteiger partial charge is 0.462 e. The fraction of sp³-hybridized carbons (Fsp3) is 0.611. The molecular formula is C18H27NO2. The summed E-state index contributed by atoms with van der Waals surface area (Å²) in [6.45, 7) is 6.96. The van der Waals surface area contributed by atoms with Crippen molar-refractivity contribution < 1.29 is 9.53 Å². The lowest BCUT2D eigenvalue weighted by Gasteiger charge is -2.22. The quantitative estimate of drug-likeness (QED) is 0.648. The topological polar surface area (TPSA) is 38.3 Å². The van der Waals surface area contributed by atoms with Crippen LogP contribution in [0.15, 0.2) is 24.3 Å². The van der Waals surface area contributed by atoms with Crippen molar-refractivity contribution in [2.45, 2.75) is 58.9 Å². The van der Waals surface area contributed by atoms with Gasteiger partial charge in [0.2, 0.25) is 0 Å². The van der Waals surface area contributed by atoms with Gasteiger partial charge in [0.1, 0.15) is 0 Å². The van der Waals surface area contributed by atoms with Crippen molar-refractivity contribution in [2.24, 2.45) is 5.41 Å². The van der Waals surface area contributed by atoms with Gasteiger partial charge in [0.25, 0.3) is 0 Å². The van der Waals surface area contributed by atoms with E-state index in [-0.39, 0.29) is 5.97 Å². The number of carbonyl (C=O) groups is 1. The van der Waals surface area contributed by atoms with E-state index < -0.39 is 0 Å². The molecule has 1 saturated carbocycles. The second-order valence-corrected chi connectivity index (χ2v) is 6.73. The first-order chi connectivity index (χ1) is 10.00. The molecule has 0 aromatic heterocycles. The van der Waals surface area contributed by atoms with E-state index in [2.05, 4.69) is 19.2 Å². The van der Waals surface area contributed by atoms with Gasteiger partial charge in [-0.1, -0.05) is 20.3 Å². The predicted molar refractivity (Wildman–Crippen MR) is 86.7 cm³/mol. The van der Waals surface area contributed by atoms with Crippen LogP contribution in [-0.4, -0.2) is 18.6 Å². The van der Waals surface area contributed by atoms with Crippen LogP contribution >= 0.6 is 0 Å². The standard InChI is InChI=1S/C18H27NO2/c1-4-21-17(20)14-7-9-16(10-8-14)19-15-6-5-12-18(2,3)13-11-15/h7-10,15,19H,4-6,11-13H2,1-3H3. The highest BCUT2D eigenvalue weighted by molar-refractivity contribution is 5.89. The molecule has 0 saturated heterocycles. The third kappa shape index (κ3) is 4.76. The van der Waals surface area contributed by atoms with Crippen LogP contribution in [0.1, 0.15) is 63.2 Å². The van der Waals surface area contributed by atoms with Gasteiger partial charge in [-0.15, -0.1) is 0 Å².